The molecule has 0 amide bonds. The van der Waals surface area contributed by atoms with Crippen LogP contribution in [0.2, 0.25) is 0 Å². The molecule has 1 aliphatic rings. The van der Waals surface area contributed by atoms with Crippen molar-refractivity contribution in [2.75, 3.05) is 0 Å². The average molecular weight is 478 g/mol. The van der Waals surface area contributed by atoms with Crippen LogP contribution in [-0.2, 0) is 38.1 Å². The van der Waals surface area contributed by atoms with Gasteiger partial charge in [0, 0.05) is 38.3 Å². The second-order valence-corrected chi connectivity index (χ2v) is 7.51. The summed E-state index contributed by atoms with van der Waals surface area (Å²) < 4.78 is 31.9. The van der Waals surface area contributed by atoms with Crippen molar-refractivity contribution in [2.24, 2.45) is 0 Å². The molecule has 3 rings (SSSR count). The fraction of sp³-hybridized carbons (Fsp3) is 0.409. The van der Waals surface area contributed by atoms with Gasteiger partial charge in [-0.05, 0) is 24.6 Å². The summed E-state index contributed by atoms with van der Waals surface area (Å²) in [5.74, 6) is -4.03. The first-order valence-electron chi connectivity index (χ1n) is 10.1. The van der Waals surface area contributed by atoms with Gasteiger partial charge in [-0.3, -0.25) is 14.4 Å². The van der Waals surface area contributed by atoms with E-state index < -0.39 is 60.2 Å². The number of rotatable bonds is 6. The first-order chi connectivity index (χ1) is 16.0. The number of hydrogen-bond acceptors (Lipinski definition) is 11. The quantitative estimate of drug-likeness (QED) is 0.357. The minimum absolute atomic E-state index is 0.0695. The number of aliphatic carboxylic acids is 1. The monoisotopic (exact) mass is 478 g/mol. The van der Waals surface area contributed by atoms with Gasteiger partial charge in [-0.2, -0.15) is 0 Å². The lowest BCUT2D eigenvalue weighted by Crippen LogP contribution is -2.64. The van der Waals surface area contributed by atoms with Crippen LogP contribution in [0.25, 0.3) is 11.0 Å². The third-order valence-electron chi connectivity index (χ3n) is 4.82. The van der Waals surface area contributed by atoms with Crippen LogP contribution < -0.4 is 10.4 Å². The van der Waals surface area contributed by atoms with Crippen molar-refractivity contribution >= 4 is 34.8 Å². The van der Waals surface area contributed by atoms with E-state index in [2.05, 4.69) is 0 Å². The Morgan fingerprint density at radius 3 is 2.06 bits per heavy atom. The molecule has 2 heterocycles. The molecule has 0 aliphatic carbocycles. The van der Waals surface area contributed by atoms with Gasteiger partial charge in [-0.1, -0.05) is 0 Å². The number of benzene rings is 1. The first-order valence-corrected chi connectivity index (χ1v) is 10.1. The van der Waals surface area contributed by atoms with Gasteiger partial charge in [0.05, 0.1) is 0 Å². The molecular weight excluding hydrogens is 456 g/mol. The van der Waals surface area contributed by atoms with E-state index in [1.807, 2.05) is 0 Å². The minimum Gasteiger partial charge on any atom is -0.479 e. The Morgan fingerprint density at radius 2 is 1.47 bits per heavy atom. The lowest BCUT2D eigenvalue weighted by Gasteiger charge is -2.42. The molecule has 34 heavy (non-hydrogen) atoms. The van der Waals surface area contributed by atoms with Crippen molar-refractivity contribution in [3.63, 3.8) is 0 Å². The maximum absolute atomic E-state index is 11.9. The van der Waals surface area contributed by atoms with Gasteiger partial charge in [-0.15, -0.1) is 0 Å². The lowest BCUT2D eigenvalue weighted by atomic mass is 9.97. The van der Waals surface area contributed by atoms with Crippen molar-refractivity contribution < 1.29 is 52.4 Å². The van der Waals surface area contributed by atoms with E-state index in [0.717, 1.165) is 20.8 Å². The average Bonchev–Trinajstić information content (AvgIpc) is 2.70. The summed E-state index contributed by atoms with van der Waals surface area (Å²) in [6.45, 7) is 4.86. The molecule has 1 aromatic carbocycles. The molecule has 0 radical (unpaired) electrons. The SMILES string of the molecule is CC(=O)OC1C(OC(C)=O)[C@H](OC(C)=O)C(C(=O)O)O[C@H]1Oc1ccc2c(C)cc(=O)oc2c1. The van der Waals surface area contributed by atoms with E-state index in [4.69, 9.17) is 28.1 Å². The third-order valence-corrected chi connectivity index (χ3v) is 4.82. The van der Waals surface area contributed by atoms with Crippen molar-refractivity contribution in [3.05, 3.63) is 40.2 Å². The van der Waals surface area contributed by atoms with Gasteiger partial charge in [0.2, 0.25) is 12.4 Å². The number of hydrogen-bond donors (Lipinski definition) is 1. The highest BCUT2D eigenvalue weighted by atomic mass is 16.7. The molecule has 1 saturated heterocycles. The van der Waals surface area contributed by atoms with Crippen LogP contribution in [0, 0.1) is 6.92 Å². The van der Waals surface area contributed by atoms with Crippen molar-refractivity contribution in [1.82, 2.24) is 0 Å². The molecule has 3 unspecified atom stereocenters. The van der Waals surface area contributed by atoms with Gasteiger partial charge >= 0.3 is 29.5 Å². The normalized spacial score (nSPS) is 24.2. The molecule has 5 atom stereocenters. The molecule has 12 nitrogen and oxygen atoms in total. The Labute approximate surface area is 192 Å². The maximum Gasteiger partial charge on any atom is 0.337 e. The molecule has 12 heteroatoms. The summed E-state index contributed by atoms with van der Waals surface area (Å²) in [5, 5.41) is 10.3. The molecule has 2 aromatic rings. The number of esters is 3. The molecular formula is C22H22O12. The summed E-state index contributed by atoms with van der Waals surface area (Å²) in [5.41, 5.74) is 0.264. The van der Waals surface area contributed by atoms with Crippen LogP contribution in [0.1, 0.15) is 26.3 Å². The van der Waals surface area contributed by atoms with Gasteiger partial charge in [0.25, 0.3) is 0 Å². The van der Waals surface area contributed by atoms with Crippen LogP contribution in [0.15, 0.2) is 33.5 Å². The highest BCUT2D eigenvalue weighted by molar-refractivity contribution is 5.81. The van der Waals surface area contributed by atoms with Gasteiger partial charge < -0.3 is 33.2 Å². The summed E-state index contributed by atoms with van der Waals surface area (Å²) in [6, 6.07) is 5.79. The number of ether oxygens (including phenoxy) is 5. The van der Waals surface area contributed by atoms with Crippen LogP contribution in [0.3, 0.4) is 0 Å². The van der Waals surface area contributed by atoms with Crippen LogP contribution in [0.4, 0.5) is 0 Å². The second kappa shape index (κ2) is 9.91. The van der Waals surface area contributed by atoms with E-state index in [0.29, 0.717) is 10.9 Å². The van der Waals surface area contributed by atoms with Gasteiger partial charge in [-0.25, -0.2) is 9.59 Å². The predicted octanol–water partition coefficient (Wildman–Crippen LogP) is 1.08. The minimum atomic E-state index is -1.83. The largest absolute Gasteiger partial charge is 0.479 e. The Bertz CT molecular complexity index is 1180. The van der Waals surface area contributed by atoms with Crippen LogP contribution in [0.5, 0.6) is 5.75 Å². The number of fused-ring (bicyclic) bond motifs is 1. The molecule has 0 bridgehead atoms. The van der Waals surface area contributed by atoms with Crippen LogP contribution >= 0.6 is 0 Å². The Kier molecular flexibility index (Phi) is 7.20. The van der Waals surface area contributed by atoms with E-state index >= 15 is 0 Å². The molecule has 1 aromatic heterocycles. The van der Waals surface area contributed by atoms with E-state index in [-0.39, 0.29) is 11.3 Å². The number of carbonyl (C=O) groups is 4. The molecule has 0 spiro atoms. The number of aryl methyl sites for hydroxylation is 1. The van der Waals surface area contributed by atoms with Gasteiger partial charge in [0.15, 0.2) is 18.3 Å². The summed E-state index contributed by atoms with van der Waals surface area (Å²) in [4.78, 5) is 58.8. The van der Waals surface area contributed by atoms with Gasteiger partial charge in [0.1, 0.15) is 11.3 Å². The highest BCUT2D eigenvalue weighted by Gasteiger charge is 2.55. The van der Waals surface area contributed by atoms with E-state index in [1.165, 1.54) is 18.2 Å². The Balaban J connectivity index is 2.04. The highest BCUT2D eigenvalue weighted by Crippen LogP contribution is 2.32. The smallest absolute Gasteiger partial charge is 0.337 e. The van der Waals surface area contributed by atoms with Crippen molar-refractivity contribution in [1.29, 1.82) is 0 Å². The zero-order valence-corrected chi connectivity index (χ0v) is 18.6. The molecule has 182 valence electrons. The summed E-state index contributed by atoms with van der Waals surface area (Å²) >= 11 is 0. The van der Waals surface area contributed by atoms with Crippen molar-refractivity contribution in [2.45, 2.75) is 58.4 Å². The predicted molar refractivity (Wildman–Crippen MR) is 111 cm³/mol. The molecule has 1 N–H and O–H groups in total. The number of carboxylic acid groups (broad SMARTS) is 1. The van der Waals surface area contributed by atoms with Crippen LogP contribution in [-0.4, -0.2) is 59.7 Å². The molecule has 1 fully saturated rings. The molecule has 0 saturated carbocycles. The zero-order valence-electron chi connectivity index (χ0n) is 18.6. The molecule has 1 aliphatic heterocycles. The number of carboxylic acids is 1. The lowest BCUT2D eigenvalue weighted by molar-refractivity contribution is -0.281. The zero-order chi connectivity index (χ0) is 25.2. The summed E-state index contributed by atoms with van der Waals surface area (Å²) in [7, 11) is 0. The first kappa shape index (κ1) is 24.7. The fourth-order valence-electron chi connectivity index (χ4n) is 3.58. The Hall–Kier alpha value is -3.93. The summed E-state index contributed by atoms with van der Waals surface area (Å²) in [6.07, 6.45) is -8.14. The number of carbonyl (C=O) groups excluding carboxylic acids is 3. The van der Waals surface area contributed by atoms with Crippen molar-refractivity contribution in [3.8, 4) is 5.75 Å². The standard InChI is InChI=1S/C22H22O12/c1-9-7-16(26)33-15-8-13(5-6-14(9)15)32-22-20(31-12(4)25)18(30-11(3)24)17(29-10(2)23)19(34-22)21(27)28/h5-8,17-20,22H,1-4H3,(H,27,28)/t17-,18?,19?,20?,22+/m0/s1. The second-order valence-electron chi connectivity index (χ2n) is 7.51. The third kappa shape index (κ3) is 5.52. The maximum atomic E-state index is 11.9. The topological polar surface area (TPSA) is 165 Å². The van der Waals surface area contributed by atoms with E-state index in [1.54, 1.807) is 13.0 Å². The van der Waals surface area contributed by atoms with E-state index in [9.17, 15) is 29.1 Å². The Morgan fingerprint density at radius 1 is 0.882 bits per heavy atom. The fourth-order valence-corrected chi connectivity index (χ4v) is 3.58.